The van der Waals surface area contributed by atoms with Crippen molar-refractivity contribution in [1.82, 2.24) is 20.1 Å². The first-order valence-corrected chi connectivity index (χ1v) is 10.7. The fourth-order valence-electron chi connectivity index (χ4n) is 3.10. The molecule has 1 amide bonds. The largest absolute Gasteiger partial charge is 0.459 e. The lowest BCUT2D eigenvalue weighted by Crippen LogP contribution is -2.24. The molecule has 4 aromatic rings. The second kappa shape index (κ2) is 9.48. The summed E-state index contributed by atoms with van der Waals surface area (Å²) < 4.78 is 6.90. The molecule has 2 aromatic carbocycles. The molecule has 2 aromatic heterocycles. The van der Waals surface area contributed by atoms with Gasteiger partial charge in [0.1, 0.15) is 0 Å². The summed E-state index contributed by atoms with van der Waals surface area (Å²) >= 11 is 1.49. The number of nitro benzene ring substituents is 1. The number of aromatic nitrogens is 3. The number of non-ortho nitro benzene ring substituents is 1. The van der Waals surface area contributed by atoms with Crippen LogP contribution in [0.3, 0.4) is 0 Å². The Morgan fingerprint density at radius 2 is 1.97 bits per heavy atom. The fraction of sp³-hybridized carbons (Fsp3) is 0.136. The average Bonchev–Trinajstić information content (AvgIpc) is 3.46. The van der Waals surface area contributed by atoms with Crippen LogP contribution in [0.15, 0.2) is 76.5 Å². The number of carbonyl (C=O) groups excluding carboxylic acids is 1. The van der Waals surface area contributed by atoms with E-state index in [2.05, 4.69) is 21.6 Å². The lowest BCUT2D eigenvalue weighted by Gasteiger charge is -2.11. The fourth-order valence-corrected chi connectivity index (χ4v) is 4.01. The Hall–Kier alpha value is -3.92. The van der Waals surface area contributed by atoms with Crippen molar-refractivity contribution in [3.05, 3.63) is 99.8 Å². The van der Waals surface area contributed by atoms with E-state index in [0.717, 1.165) is 5.56 Å². The number of hydrogen-bond donors (Lipinski definition) is 1. The monoisotopic (exact) mass is 449 g/mol. The number of benzene rings is 2. The van der Waals surface area contributed by atoms with Gasteiger partial charge in [-0.25, -0.2) is 0 Å². The third-order valence-electron chi connectivity index (χ3n) is 4.62. The first-order valence-electron chi connectivity index (χ1n) is 9.70. The highest BCUT2D eigenvalue weighted by molar-refractivity contribution is 7.98. The Labute approximate surface area is 187 Å². The minimum atomic E-state index is -0.451. The van der Waals surface area contributed by atoms with E-state index in [1.165, 1.54) is 35.7 Å². The Kier molecular flexibility index (Phi) is 6.31. The van der Waals surface area contributed by atoms with Crippen LogP contribution in [-0.2, 0) is 12.3 Å². The molecule has 1 N–H and O–H groups in total. The second-order valence-electron chi connectivity index (χ2n) is 6.95. The third kappa shape index (κ3) is 4.86. The normalized spacial score (nSPS) is 10.8. The number of carbonyl (C=O) groups is 1. The SMILES string of the molecule is Cc1cccc(CSc2nnc(CNC(=O)c3ccco3)n2-c2ccc([N+](=O)[O-])cc2)c1. The first-order chi connectivity index (χ1) is 15.5. The van der Waals surface area contributed by atoms with Crippen LogP contribution in [0.2, 0.25) is 0 Å². The summed E-state index contributed by atoms with van der Waals surface area (Å²) in [6, 6.07) is 17.5. The van der Waals surface area contributed by atoms with E-state index in [-0.39, 0.29) is 23.9 Å². The molecular formula is C22H19N5O4S. The number of amides is 1. The number of rotatable bonds is 8. The maximum atomic E-state index is 12.3. The minimum absolute atomic E-state index is 0.0107. The Bertz CT molecular complexity index is 1240. The Balaban J connectivity index is 1.60. The molecule has 0 saturated heterocycles. The van der Waals surface area contributed by atoms with Gasteiger partial charge < -0.3 is 9.73 Å². The molecule has 9 nitrogen and oxygen atoms in total. The van der Waals surface area contributed by atoms with E-state index in [1.807, 2.05) is 25.1 Å². The van der Waals surface area contributed by atoms with Crippen molar-refractivity contribution in [2.45, 2.75) is 24.4 Å². The highest BCUT2D eigenvalue weighted by atomic mass is 32.2. The zero-order chi connectivity index (χ0) is 22.5. The number of nitro groups is 1. The van der Waals surface area contributed by atoms with Crippen molar-refractivity contribution in [3.8, 4) is 5.69 Å². The van der Waals surface area contributed by atoms with Crippen LogP contribution >= 0.6 is 11.8 Å². The van der Waals surface area contributed by atoms with E-state index in [0.29, 0.717) is 22.4 Å². The van der Waals surface area contributed by atoms with Crippen LogP contribution < -0.4 is 5.32 Å². The van der Waals surface area contributed by atoms with Gasteiger partial charge >= 0.3 is 0 Å². The highest BCUT2D eigenvalue weighted by Gasteiger charge is 2.17. The van der Waals surface area contributed by atoms with Crippen LogP contribution in [0.4, 0.5) is 5.69 Å². The van der Waals surface area contributed by atoms with Crippen LogP contribution in [0, 0.1) is 17.0 Å². The van der Waals surface area contributed by atoms with E-state index in [1.54, 1.807) is 28.8 Å². The quantitative estimate of drug-likeness (QED) is 0.242. The third-order valence-corrected chi connectivity index (χ3v) is 5.62. The van der Waals surface area contributed by atoms with E-state index in [9.17, 15) is 14.9 Å². The van der Waals surface area contributed by atoms with Crippen molar-refractivity contribution < 1.29 is 14.1 Å². The van der Waals surface area contributed by atoms with Gasteiger partial charge in [0.05, 0.1) is 17.7 Å². The van der Waals surface area contributed by atoms with Gasteiger partial charge in [0, 0.05) is 23.6 Å². The average molecular weight is 449 g/mol. The van der Waals surface area contributed by atoms with Crippen LogP contribution in [0.5, 0.6) is 0 Å². The lowest BCUT2D eigenvalue weighted by atomic mass is 10.2. The smallest absolute Gasteiger partial charge is 0.287 e. The number of nitrogens with zero attached hydrogens (tertiary/aromatic N) is 4. The summed E-state index contributed by atoms with van der Waals surface area (Å²) in [7, 11) is 0. The van der Waals surface area contributed by atoms with Crippen LogP contribution in [-0.4, -0.2) is 25.6 Å². The van der Waals surface area contributed by atoms with Gasteiger partial charge in [-0.15, -0.1) is 10.2 Å². The van der Waals surface area contributed by atoms with Crippen molar-refractivity contribution in [1.29, 1.82) is 0 Å². The van der Waals surface area contributed by atoms with E-state index < -0.39 is 4.92 Å². The molecule has 0 bridgehead atoms. The van der Waals surface area contributed by atoms with Gasteiger partial charge in [-0.2, -0.15) is 0 Å². The van der Waals surface area contributed by atoms with Crippen LogP contribution in [0.1, 0.15) is 27.5 Å². The molecule has 0 fully saturated rings. The molecule has 162 valence electrons. The summed E-state index contributed by atoms with van der Waals surface area (Å²) in [5, 5.41) is 22.9. The minimum Gasteiger partial charge on any atom is -0.459 e. The number of thioether (sulfide) groups is 1. The first kappa shape index (κ1) is 21.3. The summed E-state index contributed by atoms with van der Waals surface area (Å²) in [4.78, 5) is 22.8. The maximum Gasteiger partial charge on any atom is 0.287 e. The summed E-state index contributed by atoms with van der Waals surface area (Å²) in [6.07, 6.45) is 1.42. The van der Waals surface area contributed by atoms with Crippen LogP contribution in [0.25, 0.3) is 5.69 Å². The van der Waals surface area contributed by atoms with Crippen molar-refractivity contribution in [2.24, 2.45) is 0 Å². The van der Waals surface area contributed by atoms with E-state index in [4.69, 9.17) is 4.42 Å². The molecule has 0 saturated carbocycles. The molecule has 0 aliphatic carbocycles. The summed E-state index contributed by atoms with van der Waals surface area (Å²) in [5.74, 6) is 0.985. The predicted molar refractivity (Wildman–Crippen MR) is 119 cm³/mol. The van der Waals surface area contributed by atoms with Crippen molar-refractivity contribution in [2.75, 3.05) is 0 Å². The predicted octanol–water partition coefficient (Wildman–Crippen LogP) is 4.30. The highest BCUT2D eigenvalue weighted by Crippen LogP contribution is 2.26. The van der Waals surface area contributed by atoms with Crippen molar-refractivity contribution in [3.63, 3.8) is 0 Å². The topological polar surface area (TPSA) is 116 Å². The lowest BCUT2D eigenvalue weighted by molar-refractivity contribution is -0.384. The molecule has 0 unspecified atom stereocenters. The molecule has 0 radical (unpaired) electrons. The summed E-state index contributed by atoms with van der Waals surface area (Å²) in [5.41, 5.74) is 2.96. The molecule has 10 heteroatoms. The Morgan fingerprint density at radius 1 is 1.16 bits per heavy atom. The molecule has 0 aliphatic rings. The zero-order valence-electron chi connectivity index (χ0n) is 17.1. The van der Waals surface area contributed by atoms with Gasteiger partial charge in [-0.05, 0) is 36.8 Å². The van der Waals surface area contributed by atoms with Gasteiger partial charge in [0.15, 0.2) is 16.7 Å². The van der Waals surface area contributed by atoms with Gasteiger partial charge in [-0.1, -0.05) is 41.6 Å². The summed E-state index contributed by atoms with van der Waals surface area (Å²) in [6.45, 7) is 2.14. The van der Waals surface area contributed by atoms with Gasteiger partial charge in [0.25, 0.3) is 11.6 Å². The molecular weight excluding hydrogens is 430 g/mol. The van der Waals surface area contributed by atoms with E-state index >= 15 is 0 Å². The van der Waals surface area contributed by atoms with Crippen molar-refractivity contribution >= 4 is 23.4 Å². The molecule has 4 rings (SSSR count). The Morgan fingerprint density at radius 3 is 2.66 bits per heavy atom. The standard InChI is InChI=1S/C22H19N5O4S/c1-15-4-2-5-16(12-15)14-32-22-25-24-20(13-23-21(28)19-6-3-11-31-19)26(22)17-7-9-18(10-8-17)27(29)30/h2-12H,13-14H2,1H3,(H,23,28). The molecule has 0 spiro atoms. The molecule has 0 aliphatic heterocycles. The number of aryl methyl sites for hydroxylation is 1. The second-order valence-corrected chi connectivity index (χ2v) is 7.89. The molecule has 0 atom stereocenters. The molecule has 32 heavy (non-hydrogen) atoms. The van der Waals surface area contributed by atoms with Gasteiger partial charge in [0.2, 0.25) is 0 Å². The maximum absolute atomic E-state index is 12.3. The van der Waals surface area contributed by atoms with Gasteiger partial charge in [-0.3, -0.25) is 19.5 Å². The zero-order valence-corrected chi connectivity index (χ0v) is 17.9. The molecule has 2 heterocycles. The number of furan rings is 1. The number of nitrogens with one attached hydrogen (secondary N) is 1. The number of hydrogen-bond acceptors (Lipinski definition) is 7.